The zero-order valence-corrected chi connectivity index (χ0v) is 26.6. The lowest BCUT2D eigenvalue weighted by atomic mass is 9.70. The number of benzene rings is 2. The number of likely N-dealkylation sites (tertiary alicyclic amines) is 1. The van der Waals surface area contributed by atoms with Gasteiger partial charge in [0.2, 0.25) is 11.8 Å². The van der Waals surface area contributed by atoms with E-state index < -0.39 is 59.5 Å². The molecule has 3 amide bonds. The molecule has 0 aliphatic carbocycles. The Labute approximate surface area is 274 Å². The first-order valence-corrected chi connectivity index (χ1v) is 16.0. The molecule has 2 aromatic rings. The smallest absolute Gasteiger partial charge is 0.313 e. The van der Waals surface area contributed by atoms with Crippen molar-refractivity contribution in [3.8, 4) is 0 Å². The fraction of sp³-hybridized carbons (Fsp3) is 0.429. The largest absolute Gasteiger partial charge is 0.455 e. The number of anilines is 1. The number of amides is 3. The van der Waals surface area contributed by atoms with Gasteiger partial charge in [0.1, 0.15) is 17.7 Å². The summed E-state index contributed by atoms with van der Waals surface area (Å²) in [6.45, 7) is 8.90. The second-order valence-electron chi connectivity index (χ2n) is 12.0. The third-order valence-corrected chi connectivity index (χ3v) is 9.40. The van der Waals surface area contributed by atoms with Crippen molar-refractivity contribution in [2.24, 2.45) is 11.8 Å². The summed E-state index contributed by atoms with van der Waals surface area (Å²) in [7, 11) is 0. The van der Waals surface area contributed by atoms with Crippen molar-refractivity contribution in [2.45, 2.75) is 62.5 Å². The molecular formula is C35H40ClN3O7. The van der Waals surface area contributed by atoms with Gasteiger partial charge in [-0.25, -0.2) is 0 Å². The molecule has 3 heterocycles. The number of hydrogen-bond acceptors (Lipinski definition) is 7. The molecule has 3 aliphatic rings. The van der Waals surface area contributed by atoms with Gasteiger partial charge in [0.05, 0.1) is 30.6 Å². The minimum atomic E-state index is -1.28. The van der Waals surface area contributed by atoms with Crippen LogP contribution in [0.4, 0.5) is 5.69 Å². The molecule has 3 aliphatic heterocycles. The number of carbonyl (C=O) groups is 4. The minimum absolute atomic E-state index is 0.105. The summed E-state index contributed by atoms with van der Waals surface area (Å²) in [5.41, 5.74) is -0.0400. The van der Waals surface area contributed by atoms with Crippen LogP contribution < -0.4 is 10.2 Å². The third-order valence-electron chi connectivity index (χ3n) is 9.15. The van der Waals surface area contributed by atoms with Crippen molar-refractivity contribution >= 4 is 41.0 Å². The number of fused-ring (bicyclic) bond motifs is 1. The highest BCUT2D eigenvalue weighted by atomic mass is 35.5. The van der Waals surface area contributed by atoms with E-state index in [1.54, 1.807) is 43.3 Å². The molecule has 244 valence electrons. The summed E-state index contributed by atoms with van der Waals surface area (Å²) in [6.07, 6.45) is 3.36. The molecule has 10 nitrogen and oxygen atoms in total. The summed E-state index contributed by atoms with van der Waals surface area (Å²) in [5, 5.41) is 13.4. The first-order chi connectivity index (χ1) is 22.2. The van der Waals surface area contributed by atoms with Crippen LogP contribution in [0.15, 0.2) is 79.9 Å². The minimum Gasteiger partial charge on any atom is -0.455 e. The van der Waals surface area contributed by atoms with Crippen molar-refractivity contribution in [1.82, 2.24) is 10.2 Å². The summed E-state index contributed by atoms with van der Waals surface area (Å²) in [4.78, 5) is 58.1. The topological polar surface area (TPSA) is 125 Å². The first-order valence-electron chi connectivity index (χ1n) is 15.6. The molecule has 3 fully saturated rings. The fourth-order valence-corrected chi connectivity index (χ4v) is 7.34. The van der Waals surface area contributed by atoms with E-state index >= 15 is 0 Å². The quantitative estimate of drug-likeness (QED) is 0.234. The molecule has 11 heteroatoms. The highest BCUT2D eigenvalue weighted by molar-refractivity contribution is 6.30. The Balaban J connectivity index is 1.45. The van der Waals surface area contributed by atoms with E-state index in [1.165, 1.54) is 9.80 Å². The predicted octanol–water partition coefficient (Wildman–Crippen LogP) is 3.98. The molecule has 0 saturated carbocycles. The van der Waals surface area contributed by atoms with E-state index in [2.05, 4.69) is 18.5 Å². The number of esters is 1. The zero-order valence-electron chi connectivity index (χ0n) is 25.8. The van der Waals surface area contributed by atoms with Gasteiger partial charge in [-0.1, -0.05) is 54.1 Å². The van der Waals surface area contributed by atoms with Crippen LogP contribution in [-0.2, 0) is 28.7 Å². The van der Waals surface area contributed by atoms with Crippen LogP contribution in [0.3, 0.4) is 0 Å². The van der Waals surface area contributed by atoms with Crippen molar-refractivity contribution in [2.75, 3.05) is 24.6 Å². The summed E-state index contributed by atoms with van der Waals surface area (Å²) < 4.78 is 12.7. The average Bonchev–Trinajstić information content (AvgIpc) is 3.69. The van der Waals surface area contributed by atoms with Crippen LogP contribution in [0.25, 0.3) is 0 Å². The van der Waals surface area contributed by atoms with Crippen LogP contribution >= 0.6 is 11.6 Å². The predicted molar refractivity (Wildman–Crippen MR) is 173 cm³/mol. The van der Waals surface area contributed by atoms with Gasteiger partial charge in [0, 0.05) is 30.2 Å². The average molecular weight is 650 g/mol. The SMILES string of the molecule is C=CCCC(=O)N[C@H](C)[C@@H](OC(=O)[C@@H]1[C@@H]2CC[C@]3(O2)[C@H](C(=O)N(CC=C)c2ccc(Cl)cc2)N(CCO)C(=O)[C@@H]13)c1ccccc1. The fourth-order valence-electron chi connectivity index (χ4n) is 7.21. The van der Waals surface area contributed by atoms with E-state index in [1.807, 2.05) is 30.3 Å². The number of rotatable bonds is 14. The molecule has 0 radical (unpaired) electrons. The molecule has 2 N–H and O–H groups in total. The normalized spacial score (nSPS) is 25.8. The lowest BCUT2D eigenvalue weighted by Gasteiger charge is -2.36. The monoisotopic (exact) mass is 649 g/mol. The number of aliphatic hydroxyl groups excluding tert-OH is 1. The summed E-state index contributed by atoms with van der Waals surface area (Å²) in [5.74, 6) is -3.64. The van der Waals surface area contributed by atoms with Crippen molar-refractivity contribution < 1.29 is 33.8 Å². The summed E-state index contributed by atoms with van der Waals surface area (Å²) in [6, 6.07) is 14.2. The lowest BCUT2D eigenvalue weighted by molar-refractivity contribution is -0.162. The highest BCUT2D eigenvalue weighted by Gasteiger charge is 2.75. The number of allylic oxidation sites excluding steroid dienone is 1. The number of halogens is 1. The molecule has 2 bridgehead atoms. The standard InChI is InChI=1S/C35H40ClN3O7/c1-4-6-12-27(41)37-22(3)30(23-10-8-7-9-11-23)45-34(44)28-26-17-18-35(46-26)29(28)32(42)39(20-21-40)31(35)33(43)38(19-5-2)25-15-13-24(36)14-16-25/h4-5,7-11,13-16,22,26,28-31,40H,1-2,6,12,17-21H2,3H3,(H,37,41)/t22-,26+,28-,29-,30-,31+,35-/m1/s1. The number of nitrogens with one attached hydrogen (secondary N) is 1. The molecule has 1 spiro atoms. The maximum Gasteiger partial charge on any atom is 0.313 e. The molecule has 46 heavy (non-hydrogen) atoms. The van der Waals surface area contributed by atoms with Crippen LogP contribution in [0.2, 0.25) is 5.02 Å². The Morgan fingerprint density at radius 2 is 1.89 bits per heavy atom. The molecule has 0 aromatic heterocycles. The van der Waals surface area contributed by atoms with Gasteiger partial charge in [0.15, 0.2) is 0 Å². The number of carbonyl (C=O) groups excluding carboxylic acids is 4. The van der Waals surface area contributed by atoms with Gasteiger partial charge in [-0.2, -0.15) is 0 Å². The van der Waals surface area contributed by atoms with Gasteiger partial charge >= 0.3 is 5.97 Å². The van der Waals surface area contributed by atoms with Gasteiger partial charge in [-0.3, -0.25) is 19.2 Å². The number of ether oxygens (including phenoxy) is 2. The number of aliphatic hydroxyl groups is 1. The lowest BCUT2D eigenvalue weighted by Crippen LogP contribution is -2.56. The molecule has 7 atom stereocenters. The molecule has 5 rings (SSSR count). The Morgan fingerprint density at radius 3 is 2.54 bits per heavy atom. The van der Waals surface area contributed by atoms with Gasteiger partial charge in [0.25, 0.3) is 5.91 Å². The first kappa shape index (κ1) is 33.4. The van der Waals surface area contributed by atoms with Crippen molar-refractivity contribution in [3.05, 3.63) is 90.5 Å². The van der Waals surface area contributed by atoms with Crippen molar-refractivity contribution in [3.63, 3.8) is 0 Å². The zero-order chi connectivity index (χ0) is 33.0. The van der Waals surface area contributed by atoms with E-state index in [-0.39, 0.29) is 32.0 Å². The van der Waals surface area contributed by atoms with Crippen LogP contribution in [0.1, 0.15) is 44.3 Å². The number of nitrogens with zero attached hydrogens (tertiary/aromatic N) is 2. The Hall–Kier alpha value is -3.99. The van der Waals surface area contributed by atoms with Crippen LogP contribution in [-0.4, -0.2) is 77.2 Å². The Kier molecular flexibility index (Phi) is 10.3. The highest BCUT2D eigenvalue weighted by Crippen LogP contribution is 2.59. The Morgan fingerprint density at radius 1 is 1.17 bits per heavy atom. The van der Waals surface area contributed by atoms with Gasteiger partial charge in [-0.05, 0) is 56.0 Å². The maximum atomic E-state index is 14.4. The number of hydrogen-bond donors (Lipinski definition) is 2. The van der Waals surface area contributed by atoms with E-state index in [0.717, 1.165) is 0 Å². The second-order valence-corrected chi connectivity index (χ2v) is 12.4. The van der Waals surface area contributed by atoms with E-state index in [9.17, 15) is 24.3 Å². The number of β-amino-alcohol motifs (C(OH)–C–C–N with tert-alkyl or cyclic N) is 1. The van der Waals surface area contributed by atoms with Gasteiger partial charge < -0.3 is 29.7 Å². The van der Waals surface area contributed by atoms with Gasteiger partial charge in [-0.15, -0.1) is 13.2 Å². The van der Waals surface area contributed by atoms with Crippen molar-refractivity contribution in [1.29, 1.82) is 0 Å². The van der Waals surface area contributed by atoms with E-state index in [4.69, 9.17) is 21.1 Å². The molecule has 3 saturated heterocycles. The van der Waals surface area contributed by atoms with Crippen LogP contribution in [0.5, 0.6) is 0 Å². The molecule has 2 aromatic carbocycles. The molecule has 0 unspecified atom stereocenters. The Bertz CT molecular complexity index is 1470. The third kappa shape index (κ3) is 6.21. The summed E-state index contributed by atoms with van der Waals surface area (Å²) >= 11 is 6.10. The van der Waals surface area contributed by atoms with E-state index in [0.29, 0.717) is 35.5 Å². The second kappa shape index (κ2) is 14.2. The molecular weight excluding hydrogens is 610 g/mol. The maximum absolute atomic E-state index is 14.4. The van der Waals surface area contributed by atoms with Crippen LogP contribution in [0, 0.1) is 11.8 Å².